The van der Waals surface area contributed by atoms with E-state index in [0.29, 0.717) is 17.2 Å². The number of carbonyl (C=O) groups is 1. The summed E-state index contributed by atoms with van der Waals surface area (Å²) in [6.07, 6.45) is 0. The summed E-state index contributed by atoms with van der Waals surface area (Å²) in [5.41, 5.74) is 2.58. The molecular formula is C21H27ClN4O2S. The van der Waals surface area contributed by atoms with E-state index in [4.69, 9.17) is 9.72 Å². The second kappa shape index (κ2) is 9.91. The van der Waals surface area contributed by atoms with Gasteiger partial charge in [-0.05, 0) is 56.6 Å². The predicted molar refractivity (Wildman–Crippen MR) is 124 cm³/mol. The minimum atomic E-state index is -0.0434. The topological polar surface area (TPSA) is 48.9 Å². The van der Waals surface area contributed by atoms with Crippen molar-refractivity contribution in [2.45, 2.75) is 0 Å². The molecule has 29 heavy (non-hydrogen) atoms. The van der Waals surface area contributed by atoms with Gasteiger partial charge >= 0.3 is 0 Å². The summed E-state index contributed by atoms with van der Waals surface area (Å²) < 4.78 is 6.31. The fraction of sp³-hybridized carbons (Fsp3) is 0.333. The Morgan fingerprint density at radius 3 is 2.31 bits per heavy atom. The molecule has 0 radical (unpaired) electrons. The van der Waals surface area contributed by atoms with Crippen LogP contribution in [-0.4, -0.2) is 64.2 Å². The lowest BCUT2D eigenvalue weighted by molar-refractivity contribution is 0.0985. The van der Waals surface area contributed by atoms with Crippen LogP contribution < -0.4 is 14.5 Å². The lowest BCUT2D eigenvalue weighted by Crippen LogP contribution is -2.36. The molecule has 0 aliphatic heterocycles. The van der Waals surface area contributed by atoms with Gasteiger partial charge in [-0.1, -0.05) is 11.3 Å². The van der Waals surface area contributed by atoms with Crippen LogP contribution in [0.1, 0.15) is 10.4 Å². The molecular weight excluding hydrogens is 408 g/mol. The van der Waals surface area contributed by atoms with Crippen LogP contribution in [0.4, 0.5) is 10.8 Å². The van der Waals surface area contributed by atoms with E-state index in [-0.39, 0.29) is 18.3 Å². The summed E-state index contributed by atoms with van der Waals surface area (Å²) in [6, 6.07) is 13.4. The van der Waals surface area contributed by atoms with Crippen molar-refractivity contribution in [1.82, 2.24) is 9.88 Å². The third-order valence-corrected chi connectivity index (χ3v) is 5.50. The number of ether oxygens (including phenoxy) is 1. The van der Waals surface area contributed by atoms with Crippen molar-refractivity contribution in [3.05, 3.63) is 48.0 Å². The van der Waals surface area contributed by atoms with Gasteiger partial charge in [0.25, 0.3) is 5.91 Å². The largest absolute Gasteiger partial charge is 0.497 e. The van der Waals surface area contributed by atoms with Gasteiger partial charge in [0.05, 0.1) is 17.3 Å². The molecule has 3 aromatic rings. The van der Waals surface area contributed by atoms with E-state index in [1.165, 1.54) is 11.3 Å². The second-order valence-corrected chi connectivity index (χ2v) is 8.04. The molecule has 0 aliphatic rings. The summed E-state index contributed by atoms with van der Waals surface area (Å²) in [4.78, 5) is 23.8. The van der Waals surface area contributed by atoms with Gasteiger partial charge in [-0.2, -0.15) is 0 Å². The number of halogens is 1. The standard InChI is InChI=1S/C21H26N4O2S.ClH/c1-23(2)12-13-25(20(26)15-6-8-16(9-7-15)24(3)4)21-22-18-11-10-17(27-5)14-19(18)28-21;/h6-11,14H,12-13H2,1-5H3;1H. The highest BCUT2D eigenvalue weighted by atomic mass is 35.5. The predicted octanol–water partition coefficient (Wildman–Crippen LogP) is 4.00. The number of rotatable bonds is 7. The molecule has 0 unspecified atom stereocenters. The van der Waals surface area contributed by atoms with Gasteiger partial charge in [-0.3, -0.25) is 9.69 Å². The number of hydrogen-bond acceptors (Lipinski definition) is 6. The van der Waals surface area contributed by atoms with Crippen LogP contribution >= 0.6 is 23.7 Å². The van der Waals surface area contributed by atoms with E-state index < -0.39 is 0 Å². The minimum Gasteiger partial charge on any atom is -0.497 e. The van der Waals surface area contributed by atoms with Gasteiger partial charge in [0, 0.05) is 38.4 Å². The third kappa shape index (κ3) is 5.38. The first kappa shape index (κ1) is 22.9. The number of hydrogen-bond donors (Lipinski definition) is 0. The molecule has 8 heteroatoms. The number of thiazole rings is 1. The van der Waals surface area contributed by atoms with Crippen LogP contribution in [0.3, 0.4) is 0 Å². The number of amides is 1. The van der Waals surface area contributed by atoms with E-state index in [0.717, 1.165) is 28.2 Å². The van der Waals surface area contributed by atoms with Crippen LogP contribution in [0, 0.1) is 0 Å². The molecule has 3 rings (SSSR count). The Bertz CT molecular complexity index is 957. The first-order valence-corrected chi connectivity index (χ1v) is 9.89. The van der Waals surface area contributed by atoms with Gasteiger partial charge in [0.1, 0.15) is 5.75 Å². The normalized spacial score (nSPS) is 10.7. The maximum Gasteiger partial charge on any atom is 0.260 e. The third-order valence-electron chi connectivity index (χ3n) is 4.46. The van der Waals surface area contributed by atoms with E-state index in [1.807, 2.05) is 75.6 Å². The van der Waals surface area contributed by atoms with Gasteiger partial charge in [0.2, 0.25) is 0 Å². The maximum absolute atomic E-state index is 13.3. The number of anilines is 2. The number of aromatic nitrogens is 1. The average molecular weight is 435 g/mol. The summed E-state index contributed by atoms with van der Waals surface area (Å²) >= 11 is 1.50. The zero-order chi connectivity index (χ0) is 20.3. The molecule has 2 aromatic carbocycles. The molecule has 0 aliphatic carbocycles. The van der Waals surface area contributed by atoms with Crippen LogP contribution in [0.5, 0.6) is 5.75 Å². The highest BCUT2D eigenvalue weighted by Crippen LogP contribution is 2.32. The van der Waals surface area contributed by atoms with Crippen molar-refractivity contribution in [2.24, 2.45) is 0 Å². The SMILES string of the molecule is COc1ccc2nc(N(CCN(C)C)C(=O)c3ccc(N(C)C)cc3)sc2c1.Cl. The molecule has 0 bridgehead atoms. The number of carbonyl (C=O) groups excluding carboxylic acids is 1. The summed E-state index contributed by atoms with van der Waals surface area (Å²) in [5, 5.41) is 0.701. The second-order valence-electron chi connectivity index (χ2n) is 7.03. The van der Waals surface area contributed by atoms with E-state index in [9.17, 15) is 4.79 Å². The molecule has 0 saturated heterocycles. The van der Waals surface area contributed by atoms with E-state index in [2.05, 4.69) is 4.90 Å². The van der Waals surface area contributed by atoms with Crippen molar-refractivity contribution in [2.75, 3.05) is 58.2 Å². The molecule has 0 atom stereocenters. The zero-order valence-electron chi connectivity index (χ0n) is 17.4. The molecule has 1 heterocycles. The van der Waals surface area contributed by atoms with Crippen molar-refractivity contribution < 1.29 is 9.53 Å². The summed E-state index contributed by atoms with van der Waals surface area (Å²) in [7, 11) is 9.61. The Morgan fingerprint density at radius 2 is 1.72 bits per heavy atom. The molecule has 0 N–H and O–H groups in total. The first-order chi connectivity index (χ1) is 13.4. The number of methoxy groups -OCH3 is 1. The smallest absolute Gasteiger partial charge is 0.260 e. The Labute approximate surface area is 182 Å². The van der Waals surface area contributed by atoms with Crippen LogP contribution in [0.2, 0.25) is 0 Å². The molecule has 1 amide bonds. The van der Waals surface area contributed by atoms with Crippen LogP contribution in [-0.2, 0) is 0 Å². The monoisotopic (exact) mass is 434 g/mol. The zero-order valence-corrected chi connectivity index (χ0v) is 19.0. The molecule has 1 aromatic heterocycles. The number of nitrogens with zero attached hydrogens (tertiary/aromatic N) is 4. The van der Waals surface area contributed by atoms with Gasteiger partial charge in [-0.25, -0.2) is 4.98 Å². The van der Waals surface area contributed by atoms with Crippen molar-refractivity contribution in [3.63, 3.8) is 0 Å². The van der Waals surface area contributed by atoms with Crippen molar-refractivity contribution >= 4 is 50.7 Å². The molecule has 0 saturated carbocycles. The summed E-state index contributed by atoms with van der Waals surface area (Å²) in [6.45, 7) is 1.32. The van der Waals surface area contributed by atoms with Crippen LogP contribution in [0.15, 0.2) is 42.5 Å². The van der Waals surface area contributed by atoms with Crippen molar-refractivity contribution in [3.8, 4) is 5.75 Å². The molecule has 0 spiro atoms. The van der Waals surface area contributed by atoms with E-state index >= 15 is 0 Å². The first-order valence-electron chi connectivity index (χ1n) is 9.07. The van der Waals surface area contributed by atoms with Crippen molar-refractivity contribution in [1.29, 1.82) is 0 Å². The van der Waals surface area contributed by atoms with E-state index in [1.54, 1.807) is 12.0 Å². The van der Waals surface area contributed by atoms with Gasteiger partial charge in [-0.15, -0.1) is 12.4 Å². The lowest BCUT2D eigenvalue weighted by atomic mass is 10.1. The molecule has 0 fully saturated rings. The Hall–Kier alpha value is -2.35. The average Bonchev–Trinajstić information content (AvgIpc) is 3.10. The maximum atomic E-state index is 13.3. The Morgan fingerprint density at radius 1 is 1.03 bits per heavy atom. The van der Waals surface area contributed by atoms with Gasteiger partial charge < -0.3 is 14.5 Å². The number of likely N-dealkylation sites (N-methyl/N-ethyl adjacent to an activating group) is 1. The summed E-state index contributed by atoms with van der Waals surface area (Å²) in [5.74, 6) is 0.742. The molecule has 6 nitrogen and oxygen atoms in total. The lowest BCUT2D eigenvalue weighted by Gasteiger charge is -2.22. The fourth-order valence-corrected chi connectivity index (χ4v) is 3.80. The highest BCUT2D eigenvalue weighted by Gasteiger charge is 2.21. The fourth-order valence-electron chi connectivity index (χ4n) is 2.78. The Kier molecular flexibility index (Phi) is 7.84. The quantitative estimate of drug-likeness (QED) is 0.562. The molecule has 156 valence electrons. The van der Waals surface area contributed by atoms with Crippen LogP contribution in [0.25, 0.3) is 10.2 Å². The highest BCUT2D eigenvalue weighted by molar-refractivity contribution is 7.22. The van der Waals surface area contributed by atoms with Gasteiger partial charge in [0.15, 0.2) is 5.13 Å². The number of benzene rings is 2. The Balaban J connectivity index is 0.00000300. The number of fused-ring (bicyclic) bond motifs is 1. The minimum absolute atomic E-state index is 0.